The van der Waals surface area contributed by atoms with Gasteiger partial charge in [0.15, 0.2) is 0 Å². The van der Waals surface area contributed by atoms with Crippen molar-refractivity contribution in [3.05, 3.63) is 64.7 Å². The minimum atomic E-state index is -3.99. The van der Waals surface area contributed by atoms with Gasteiger partial charge in [0.1, 0.15) is 12.3 Å². The number of nitrogens with zero attached hydrogens (tertiary/aromatic N) is 1. The maximum absolute atomic E-state index is 13.4. The van der Waals surface area contributed by atoms with Gasteiger partial charge in [0.05, 0.1) is 22.7 Å². The van der Waals surface area contributed by atoms with Crippen LogP contribution in [0.5, 0.6) is 5.75 Å². The molecule has 0 heterocycles. The maximum atomic E-state index is 13.4. The van der Waals surface area contributed by atoms with Crippen molar-refractivity contribution in [2.24, 2.45) is 0 Å². The van der Waals surface area contributed by atoms with E-state index in [1.807, 2.05) is 6.92 Å². The standard InChI is InChI=1S/C24H29ClN2O4S/c1-18-8-11-21(12-9-18)32(29,30)27(20-10-13-23(31-2)22(25)16-20)17-24(28)26-15-14-19-6-4-3-5-7-19/h6,8-13,16H,3-5,7,14-15,17H2,1-2H3,(H,26,28). The monoisotopic (exact) mass is 476 g/mol. The van der Waals surface area contributed by atoms with Crippen LogP contribution in [0.1, 0.15) is 37.7 Å². The molecular formula is C24H29ClN2O4S. The molecule has 0 fully saturated rings. The van der Waals surface area contributed by atoms with E-state index in [4.69, 9.17) is 16.3 Å². The molecule has 0 unspecified atom stereocenters. The van der Waals surface area contributed by atoms with Gasteiger partial charge in [-0.05, 0) is 69.4 Å². The second-order valence-corrected chi connectivity index (χ2v) is 10.1. The van der Waals surface area contributed by atoms with Crippen molar-refractivity contribution in [3.63, 3.8) is 0 Å². The summed E-state index contributed by atoms with van der Waals surface area (Å²) in [6.45, 7) is 2.01. The summed E-state index contributed by atoms with van der Waals surface area (Å²) < 4.78 is 33.1. The molecule has 3 rings (SSSR count). The molecule has 32 heavy (non-hydrogen) atoms. The number of sulfonamides is 1. The van der Waals surface area contributed by atoms with Crippen LogP contribution >= 0.6 is 11.6 Å². The van der Waals surface area contributed by atoms with Crippen molar-refractivity contribution in [2.45, 2.75) is 43.9 Å². The van der Waals surface area contributed by atoms with Gasteiger partial charge in [-0.3, -0.25) is 9.10 Å². The van der Waals surface area contributed by atoms with Gasteiger partial charge in [-0.1, -0.05) is 40.9 Å². The fourth-order valence-electron chi connectivity index (χ4n) is 3.64. The zero-order chi connectivity index (χ0) is 23.1. The van der Waals surface area contributed by atoms with Gasteiger partial charge < -0.3 is 10.1 Å². The quantitative estimate of drug-likeness (QED) is 0.524. The van der Waals surface area contributed by atoms with Crippen LogP contribution in [0.2, 0.25) is 5.02 Å². The Morgan fingerprint density at radius 3 is 2.53 bits per heavy atom. The van der Waals surface area contributed by atoms with Gasteiger partial charge >= 0.3 is 0 Å². The second kappa shape index (κ2) is 10.9. The van der Waals surface area contributed by atoms with Gasteiger partial charge in [0.2, 0.25) is 5.91 Å². The smallest absolute Gasteiger partial charge is 0.264 e. The highest BCUT2D eigenvalue weighted by atomic mass is 35.5. The fourth-order valence-corrected chi connectivity index (χ4v) is 5.31. The molecule has 8 heteroatoms. The van der Waals surface area contributed by atoms with E-state index in [0.717, 1.165) is 29.1 Å². The van der Waals surface area contributed by atoms with Crippen LogP contribution in [0.4, 0.5) is 5.69 Å². The Bertz CT molecular complexity index is 1080. The van der Waals surface area contributed by atoms with Crippen molar-refractivity contribution in [3.8, 4) is 5.75 Å². The molecule has 0 atom stereocenters. The van der Waals surface area contributed by atoms with Gasteiger partial charge in [-0.15, -0.1) is 0 Å². The number of rotatable bonds is 9. The third kappa shape index (κ3) is 6.04. The number of hydrogen-bond acceptors (Lipinski definition) is 4. The number of ether oxygens (including phenoxy) is 1. The topological polar surface area (TPSA) is 75.7 Å². The molecule has 2 aromatic rings. The Balaban J connectivity index is 1.81. The van der Waals surface area contributed by atoms with Gasteiger partial charge in [-0.2, -0.15) is 0 Å². The SMILES string of the molecule is COc1ccc(N(CC(=O)NCCC2=CCCCC2)S(=O)(=O)c2ccc(C)cc2)cc1Cl. The van der Waals surface area contributed by atoms with Crippen LogP contribution in [-0.4, -0.2) is 34.5 Å². The van der Waals surface area contributed by atoms with Crippen LogP contribution in [-0.2, 0) is 14.8 Å². The molecule has 0 spiro atoms. The normalized spacial score (nSPS) is 13.9. The first-order valence-electron chi connectivity index (χ1n) is 10.7. The number of nitrogens with one attached hydrogen (secondary N) is 1. The first kappa shape index (κ1) is 24.1. The third-order valence-corrected chi connectivity index (χ3v) is 7.56. The number of carbonyl (C=O) groups is 1. The van der Waals surface area contributed by atoms with E-state index in [-0.39, 0.29) is 22.4 Å². The molecule has 1 aliphatic rings. The molecule has 172 valence electrons. The fraction of sp³-hybridized carbons (Fsp3) is 0.375. The summed E-state index contributed by atoms with van der Waals surface area (Å²) in [6.07, 6.45) is 7.57. The lowest BCUT2D eigenvalue weighted by molar-refractivity contribution is -0.119. The lowest BCUT2D eigenvalue weighted by atomic mass is 9.97. The first-order valence-corrected chi connectivity index (χ1v) is 12.5. The average molecular weight is 477 g/mol. The van der Waals surface area contributed by atoms with E-state index in [1.54, 1.807) is 24.3 Å². The minimum Gasteiger partial charge on any atom is -0.495 e. The maximum Gasteiger partial charge on any atom is 0.264 e. The zero-order valence-corrected chi connectivity index (χ0v) is 20.0. The summed E-state index contributed by atoms with van der Waals surface area (Å²) in [5.41, 5.74) is 2.59. The summed E-state index contributed by atoms with van der Waals surface area (Å²) >= 11 is 6.24. The summed E-state index contributed by atoms with van der Waals surface area (Å²) in [6, 6.07) is 11.2. The number of allylic oxidation sites excluding steroid dienone is 1. The zero-order valence-electron chi connectivity index (χ0n) is 18.4. The third-order valence-electron chi connectivity index (χ3n) is 5.47. The van der Waals surface area contributed by atoms with Crippen LogP contribution < -0.4 is 14.4 Å². The molecule has 0 aromatic heterocycles. The van der Waals surface area contributed by atoms with Gasteiger partial charge in [-0.25, -0.2) is 8.42 Å². The minimum absolute atomic E-state index is 0.107. The summed E-state index contributed by atoms with van der Waals surface area (Å²) in [7, 11) is -2.50. The van der Waals surface area contributed by atoms with Crippen LogP contribution in [0.3, 0.4) is 0 Å². The molecule has 1 N–H and O–H groups in total. The van der Waals surface area contributed by atoms with E-state index in [0.29, 0.717) is 18.0 Å². The first-order chi connectivity index (χ1) is 15.3. The van der Waals surface area contributed by atoms with E-state index < -0.39 is 10.0 Å². The molecule has 1 aliphatic carbocycles. The number of benzene rings is 2. The molecule has 0 saturated heterocycles. The predicted molar refractivity (Wildman–Crippen MR) is 128 cm³/mol. The van der Waals surface area contributed by atoms with Crippen molar-refractivity contribution < 1.29 is 17.9 Å². The Kier molecular flexibility index (Phi) is 8.21. The average Bonchev–Trinajstić information content (AvgIpc) is 2.78. The summed E-state index contributed by atoms with van der Waals surface area (Å²) in [4.78, 5) is 12.8. The lowest BCUT2D eigenvalue weighted by Crippen LogP contribution is -2.41. The number of carbonyl (C=O) groups excluding carboxylic acids is 1. The molecule has 0 radical (unpaired) electrons. The van der Waals surface area contributed by atoms with E-state index >= 15 is 0 Å². The van der Waals surface area contributed by atoms with Crippen molar-refractivity contribution in [1.29, 1.82) is 0 Å². The largest absolute Gasteiger partial charge is 0.495 e. The van der Waals surface area contributed by atoms with Crippen molar-refractivity contribution in [2.75, 3.05) is 24.5 Å². The van der Waals surface area contributed by atoms with E-state index in [9.17, 15) is 13.2 Å². The number of amides is 1. The molecule has 0 saturated carbocycles. The Labute approximate surface area is 195 Å². The van der Waals surface area contributed by atoms with Crippen molar-refractivity contribution >= 4 is 33.2 Å². The van der Waals surface area contributed by atoms with E-state index in [2.05, 4.69) is 11.4 Å². The Hall–Kier alpha value is -2.51. The molecule has 0 bridgehead atoms. The number of hydrogen-bond donors (Lipinski definition) is 1. The molecule has 0 aliphatic heterocycles. The second-order valence-electron chi connectivity index (χ2n) is 7.85. The lowest BCUT2D eigenvalue weighted by Gasteiger charge is -2.25. The van der Waals surface area contributed by atoms with Gasteiger partial charge in [0.25, 0.3) is 10.0 Å². The number of methoxy groups -OCH3 is 1. The van der Waals surface area contributed by atoms with Crippen LogP contribution in [0.15, 0.2) is 59.0 Å². The Morgan fingerprint density at radius 2 is 1.91 bits per heavy atom. The predicted octanol–water partition coefficient (Wildman–Crippen LogP) is 4.86. The van der Waals surface area contributed by atoms with Crippen LogP contribution in [0.25, 0.3) is 0 Å². The highest BCUT2D eigenvalue weighted by Gasteiger charge is 2.27. The summed E-state index contributed by atoms with van der Waals surface area (Å²) in [5.74, 6) is 0.0531. The highest BCUT2D eigenvalue weighted by Crippen LogP contribution is 2.32. The molecule has 1 amide bonds. The van der Waals surface area contributed by atoms with E-state index in [1.165, 1.54) is 43.7 Å². The van der Waals surface area contributed by atoms with Gasteiger partial charge in [0, 0.05) is 6.54 Å². The summed E-state index contributed by atoms with van der Waals surface area (Å²) in [5, 5.41) is 3.12. The highest BCUT2D eigenvalue weighted by molar-refractivity contribution is 7.92. The molecular weight excluding hydrogens is 448 g/mol. The Morgan fingerprint density at radius 1 is 1.16 bits per heavy atom. The van der Waals surface area contributed by atoms with Crippen LogP contribution in [0, 0.1) is 6.92 Å². The molecule has 6 nitrogen and oxygen atoms in total. The van der Waals surface area contributed by atoms with Crippen molar-refractivity contribution in [1.82, 2.24) is 5.32 Å². The number of halogens is 1. The number of aryl methyl sites for hydroxylation is 1. The number of anilines is 1. The molecule has 2 aromatic carbocycles.